The van der Waals surface area contributed by atoms with Crippen LogP contribution in [0.15, 0.2) is 30.3 Å². The van der Waals surface area contributed by atoms with Crippen LogP contribution in [0.1, 0.15) is 38.7 Å². The second-order valence-electron chi connectivity index (χ2n) is 5.23. The van der Waals surface area contributed by atoms with Gasteiger partial charge in [-0.1, -0.05) is 38.1 Å². The van der Waals surface area contributed by atoms with Gasteiger partial charge in [0.25, 0.3) is 0 Å². The molecule has 0 aromatic heterocycles. The minimum atomic E-state index is -0.906. The molecule has 1 aromatic rings. The molecule has 0 heterocycles. The first-order chi connectivity index (χ1) is 10.4. The second-order valence-corrected chi connectivity index (χ2v) is 5.23. The average Bonchev–Trinajstić information content (AvgIpc) is 2.50. The maximum absolute atomic E-state index is 12.7. The van der Waals surface area contributed by atoms with E-state index in [1.807, 2.05) is 0 Å². The zero-order valence-electron chi connectivity index (χ0n) is 12.9. The summed E-state index contributed by atoms with van der Waals surface area (Å²) in [7, 11) is 0. The van der Waals surface area contributed by atoms with Gasteiger partial charge in [-0.05, 0) is 30.5 Å². The Morgan fingerprint density at radius 3 is 2.32 bits per heavy atom. The van der Waals surface area contributed by atoms with Crippen molar-refractivity contribution in [1.82, 2.24) is 5.32 Å². The topological polar surface area (TPSA) is 66.4 Å². The lowest BCUT2D eigenvalue weighted by Gasteiger charge is -2.26. The van der Waals surface area contributed by atoms with Gasteiger partial charge >= 0.3 is 5.97 Å². The minimum absolute atomic E-state index is 0.124. The highest BCUT2D eigenvalue weighted by atomic mass is 19.1. The van der Waals surface area contributed by atoms with E-state index in [4.69, 9.17) is 0 Å². The Kier molecular flexibility index (Phi) is 6.76. The molecule has 0 aliphatic heterocycles. The van der Waals surface area contributed by atoms with Crippen LogP contribution in [0.3, 0.4) is 0 Å². The molecule has 0 aliphatic carbocycles. The maximum atomic E-state index is 12.7. The molecule has 0 fully saturated rings. The summed E-state index contributed by atoms with van der Waals surface area (Å²) in [5.41, 5.74) is -0.104. The van der Waals surface area contributed by atoms with Crippen LogP contribution < -0.4 is 5.32 Å². The molecular weight excluding hydrogens is 285 g/mol. The number of halogens is 1. The first-order valence-electron chi connectivity index (χ1n) is 7.35. The van der Waals surface area contributed by atoms with E-state index < -0.39 is 11.4 Å². The number of carbonyl (C=O) groups excluding carboxylic acids is 1. The van der Waals surface area contributed by atoms with Crippen LogP contribution >= 0.6 is 0 Å². The Morgan fingerprint density at radius 2 is 1.82 bits per heavy atom. The second kappa shape index (κ2) is 8.32. The molecule has 22 heavy (non-hydrogen) atoms. The fourth-order valence-corrected chi connectivity index (χ4v) is 2.09. The summed E-state index contributed by atoms with van der Waals surface area (Å²) in [4.78, 5) is 23.1. The zero-order valence-corrected chi connectivity index (χ0v) is 12.9. The van der Waals surface area contributed by atoms with E-state index in [1.54, 1.807) is 38.1 Å². The van der Waals surface area contributed by atoms with Crippen LogP contribution in [0, 0.1) is 11.2 Å². The van der Waals surface area contributed by atoms with Crippen molar-refractivity contribution < 1.29 is 19.1 Å². The van der Waals surface area contributed by atoms with Crippen molar-refractivity contribution in [3.63, 3.8) is 0 Å². The summed E-state index contributed by atoms with van der Waals surface area (Å²) in [5.74, 6) is -1.43. The Labute approximate surface area is 130 Å². The van der Waals surface area contributed by atoms with Crippen LogP contribution in [0.5, 0.6) is 0 Å². The van der Waals surface area contributed by atoms with Crippen LogP contribution in [0.25, 0.3) is 6.08 Å². The Balaban J connectivity index is 2.49. The fraction of sp³-hybridized carbons (Fsp3) is 0.412. The molecule has 0 atom stereocenters. The third-order valence-corrected chi connectivity index (χ3v) is 3.91. The summed E-state index contributed by atoms with van der Waals surface area (Å²) in [6.45, 7) is 3.73. The summed E-state index contributed by atoms with van der Waals surface area (Å²) >= 11 is 0. The largest absolute Gasteiger partial charge is 0.481 e. The Bertz CT molecular complexity index is 533. The van der Waals surface area contributed by atoms with Crippen molar-refractivity contribution >= 4 is 18.0 Å². The average molecular weight is 307 g/mol. The molecule has 0 unspecified atom stereocenters. The monoisotopic (exact) mass is 307 g/mol. The number of carbonyl (C=O) groups is 2. The summed E-state index contributed by atoms with van der Waals surface area (Å²) < 4.78 is 12.7. The van der Waals surface area contributed by atoms with Gasteiger partial charge in [-0.25, -0.2) is 4.39 Å². The Morgan fingerprint density at radius 1 is 1.23 bits per heavy atom. The lowest BCUT2D eigenvalue weighted by atomic mass is 9.82. The van der Waals surface area contributed by atoms with Crippen LogP contribution in [-0.2, 0) is 9.59 Å². The molecule has 0 saturated heterocycles. The highest BCUT2D eigenvalue weighted by Gasteiger charge is 2.34. The van der Waals surface area contributed by atoms with Gasteiger partial charge in [0.15, 0.2) is 0 Å². The van der Waals surface area contributed by atoms with Gasteiger partial charge in [-0.15, -0.1) is 0 Å². The molecule has 0 saturated carbocycles. The first-order valence-corrected chi connectivity index (χ1v) is 7.35. The molecule has 2 N–H and O–H groups in total. The van der Waals surface area contributed by atoms with E-state index in [9.17, 15) is 19.1 Å². The van der Waals surface area contributed by atoms with Crippen molar-refractivity contribution in [3.05, 3.63) is 41.7 Å². The normalized spacial score (nSPS) is 11.6. The number of amides is 1. The Hall–Kier alpha value is -2.17. The third-order valence-electron chi connectivity index (χ3n) is 3.91. The number of rotatable bonds is 8. The number of carboxylic acids is 1. The van der Waals surface area contributed by atoms with E-state index in [-0.39, 0.29) is 24.7 Å². The highest BCUT2D eigenvalue weighted by Crippen LogP contribution is 2.25. The van der Waals surface area contributed by atoms with E-state index in [0.717, 1.165) is 5.56 Å². The van der Waals surface area contributed by atoms with Gasteiger partial charge in [-0.2, -0.15) is 0 Å². The molecule has 5 heteroatoms. The van der Waals surface area contributed by atoms with Crippen LogP contribution in [-0.4, -0.2) is 23.5 Å². The van der Waals surface area contributed by atoms with Gasteiger partial charge < -0.3 is 10.4 Å². The van der Waals surface area contributed by atoms with Crippen molar-refractivity contribution in [2.24, 2.45) is 5.41 Å². The molecule has 120 valence electrons. The highest BCUT2D eigenvalue weighted by molar-refractivity contribution is 5.80. The number of benzene rings is 1. The molecule has 0 radical (unpaired) electrons. The van der Waals surface area contributed by atoms with Crippen molar-refractivity contribution in [2.45, 2.75) is 33.1 Å². The smallest absolute Gasteiger partial charge is 0.311 e. The number of carboxylic acid groups (broad SMARTS) is 1. The summed E-state index contributed by atoms with van der Waals surface area (Å²) in [6, 6.07) is 5.94. The van der Waals surface area contributed by atoms with E-state index in [0.29, 0.717) is 12.8 Å². The summed E-state index contributed by atoms with van der Waals surface area (Å²) in [5, 5.41) is 12.0. The first kappa shape index (κ1) is 17.9. The lowest BCUT2D eigenvalue weighted by Crippen LogP contribution is -2.42. The van der Waals surface area contributed by atoms with Crippen molar-refractivity contribution in [3.8, 4) is 0 Å². The van der Waals surface area contributed by atoms with Crippen LogP contribution in [0.4, 0.5) is 4.39 Å². The lowest BCUT2D eigenvalue weighted by molar-refractivity contribution is -0.149. The molecule has 1 rings (SSSR count). The van der Waals surface area contributed by atoms with Crippen LogP contribution in [0.2, 0.25) is 0 Å². The van der Waals surface area contributed by atoms with Gasteiger partial charge in [0, 0.05) is 13.0 Å². The summed E-state index contributed by atoms with van der Waals surface area (Å²) in [6.07, 6.45) is 4.47. The molecule has 0 bridgehead atoms. The zero-order chi connectivity index (χ0) is 16.6. The van der Waals surface area contributed by atoms with Crippen molar-refractivity contribution in [2.75, 3.05) is 6.54 Å². The molecule has 0 aliphatic rings. The van der Waals surface area contributed by atoms with Gasteiger partial charge in [0.05, 0.1) is 5.41 Å². The maximum Gasteiger partial charge on any atom is 0.311 e. The third kappa shape index (κ3) is 4.98. The van der Waals surface area contributed by atoms with Gasteiger partial charge in [-0.3, -0.25) is 9.59 Å². The molecule has 4 nitrogen and oxygen atoms in total. The van der Waals surface area contributed by atoms with E-state index >= 15 is 0 Å². The minimum Gasteiger partial charge on any atom is -0.481 e. The molecular formula is C17H22FNO3. The number of nitrogens with one attached hydrogen (secondary N) is 1. The molecule has 1 aromatic carbocycles. The van der Waals surface area contributed by atoms with Gasteiger partial charge in [0.1, 0.15) is 5.82 Å². The fourth-order valence-electron chi connectivity index (χ4n) is 2.09. The number of hydrogen-bond acceptors (Lipinski definition) is 2. The van der Waals surface area contributed by atoms with Gasteiger partial charge in [0.2, 0.25) is 5.91 Å². The number of hydrogen-bond donors (Lipinski definition) is 2. The van der Waals surface area contributed by atoms with E-state index in [1.165, 1.54) is 12.1 Å². The SMILES string of the molecule is CCC(CC)(CNC(=O)CC=Cc1ccc(F)cc1)C(=O)O. The predicted molar refractivity (Wildman–Crippen MR) is 83.7 cm³/mol. The molecule has 0 spiro atoms. The predicted octanol–water partition coefficient (Wildman–Crippen LogP) is 3.24. The van der Waals surface area contributed by atoms with Crippen molar-refractivity contribution in [1.29, 1.82) is 0 Å². The standard InChI is InChI=1S/C17H22FNO3/c1-3-17(4-2,16(21)22)12-19-15(20)7-5-6-13-8-10-14(18)11-9-13/h5-6,8-11H,3-4,7,12H2,1-2H3,(H,19,20)(H,21,22). The quantitative estimate of drug-likeness (QED) is 0.775. The van der Waals surface area contributed by atoms with E-state index in [2.05, 4.69) is 5.32 Å². The molecule has 1 amide bonds. The number of aliphatic carboxylic acids is 1.